The predicted octanol–water partition coefficient (Wildman–Crippen LogP) is 3.99. The summed E-state index contributed by atoms with van der Waals surface area (Å²) in [5.41, 5.74) is 11.2. The van der Waals surface area contributed by atoms with Gasteiger partial charge in [0, 0.05) is 22.6 Å². The molecule has 4 rings (SSSR count). The smallest absolute Gasteiger partial charge is 0.337 e. The van der Waals surface area contributed by atoms with Gasteiger partial charge in [0.25, 0.3) is 5.91 Å². The number of nitrogens with one attached hydrogen (secondary N) is 2. The van der Waals surface area contributed by atoms with Gasteiger partial charge in [0.15, 0.2) is 0 Å². The number of amides is 1. The molecule has 6 nitrogen and oxygen atoms in total. The van der Waals surface area contributed by atoms with Crippen molar-refractivity contribution in [3.05, 3.63) is 89.5 Å². The maximum absolute atomic E-state index is 12.8. The van der Waals surface area contributed by atoms with Gasteiger partial charge < -0.3 is 21.1 Å². The Hall–Kier alpha value is -4.06. The van der Waals surface area contributed by atoms with E-state index < -0.39 is 5.97 Å². The molecule has 3 aromatic rings. The van der Waals surface area contributed by atoms with E-state index in [1.807, 2.05) is 30.3 Å². The number of ether oxygens (including phenoxy) is 1. The third-order valence-electron chi connectivity index (χ3n) is 4.68. The number of esters is 1. The predicted molar refractivity (Wildman–Crippen MR) is 114 cm³/mol. The van der Waals surface area contributed by atoms with Crippen molar-refractivity contribution in [2.75, 3.05) is 23.5 Å². The summed E-state index contributed by atoms with van der Waals surface area (Å²) in [6, 6.07) is 21.8. The summed E-state index contributed by atoms with van der Waals surface area (Å²) < 4.78 is 4.74. The number of hydrogen-bond acceptors (Lipinski definition) is 5. The molecule has 0 unspecified atom stereocenters. The number of methoxy groups -OCH3 is 1. The van der Waals surface area contributed by atoms with E-state index in [9.17, 15) is 9.59 Å². The van der Waals surface area contributed by atoms with Gasteiger partial charge in [-0.25, -0.2) is 4.79 Å². The normalized spacial score (nSPS) is 14.0. The fourth-order valence-corrected chi connectivity index (χ4v) is 3.27. The molecule has 0 fully saturated rings. The topological polar surface area (TPSA) is 93.4 Å². The third kappa shape index (κ3) is 3.55. The fourth-order valence-electron chi connectivity index (χ4n) is 3.27. The average molecular weight is 385 g/mol. The van der Waals surface area contributed by atoms with Crippen molar-refractivity contribution in [3.63, 3.8) is 0 Å². The minimum absolute atomic E-state index is 0.205. The van der Waals surface area contributed by atoms with E-state index in [1.165, 1.54) is 7.11 Å². The van der Waals surface area contributed by atoms with Gasteiger partial charge in [-0.15, -0.1) is 0 Å². The van der Waals surface area contributed by atoms with Crippen molar-refractivity contribution in [2.45, 2.75) is 0 Å². The van der Waals surface area contributed by atoms with Crippen LogP contribution in [0.3, 0.4) is 0 Å². The third-order valence-corrected chi connectivity index (χ3v) is 4.68. The van der Waals surface area contributed by atoms with Crippen LogP contribution in [0.25, 0.3) is 11.3 Å². The summed E-state index contributed by atoms with van der Waals surface area (Å²) in [5, 5.41) is 6.23. The molecule has 144 valence electrons. The standard InChI is InChI=1S/C23H19N3O3/c1-29-23(28)15-7-10-17(11-8-15)25-21(14-5-3-2-4-6-14)20-18-13-16(24)9-12-19(18)26-22(20)27/h2-13,25H,24H2,1H3,(H,26,27)/b21-20-. The molecule has 0 atom stereocenters. The number of rotatable bonds is 4. The molecule has 0 aromatic heterocycles. The number of hydrogen-bond donors (Lipinski definition) is 3. The van der Waals surface area contributed by atoms with E-state index in [0.29, 0.717) is 22.5 Å². The number of carbonyl (C=O) groups is 2. The van der Waals surface area contributed by atoms with E-state index in [4.69, 9.17) is 10.5 Å². The minimum Gasteiger partial charge on any atom is -0.465 e. The highest BCUT2D eigenvalue weighted by molar-refractivity contribution is 6.37. The number of nitrogen functional groups attached to an aromatic ring is 1. The lowest BCUT2D eigenvalue weighted by Crippen LogP contribution is -2.10. The Bertz CT molecular complexity index is 1120. The van der Waals surface area contributed by atoms with Crippen LogP contribution in [-0.4, -0.2) is 19.0 Å². The second-order valence-electron chi connectivity index (χ2n) is 6.57. The number of fused-ring (bicyclic) bond motifs is 1. The first-order valence-corrected chi connectivity index (χ1v) is 9.03. The van der Waals surface area contributed by atoms with Crippen molar-refractivity contribution >= 4 is 40.2 Å². The Morgan fingerprint density at radius 1 is 0.966 bits per heavy atom. The zero-order valence-corrected chi connectivity index (χ0v) is 15.7. The highest BCUT2D eigenvalue weighted by Crippen LogP contribution is 2.38. The summed E-state index contributed by atoms with van der Waals surface area (Å²) in [7, 11) is 1.34. The Morgan fingerprint density at radius 3 is 2.38 bits per heavy atom. The molecule has 0 spiro atoms. The van der Waals surface area contributed by atoms with Crippen molar-refractivity contribution in [1.82, 2.24) is 0 Å². The first kappa shape index (κ1) is 18.3. The Labute approximate surface area is 168 Å². The van der Waals surface area contributed by atoms with Gasteiger partial charge in [-0.3, -0.25) is 4.79 Å². The molecule has 0 bridgehead atoms. The fraction of sp³-hybridized carbons (Fsp3) is 0.0435. The zero-order chi connectivity index (χ0) is 20.4. The average Bonchev–Trinajstić information content (AvgIpc) is 3.07. The Morgan fingerprint density at radius 2 is 1.69 bits per heavy atom. The molecule has 1 aliphatic heterocycles. The second-order valence-corrected chi connectivity index (χ2v) is 6.57. The van der Waals surface area contributed by atoms with Crippen LogP contribution in [0.2, 0.25) is 0 Å². The van der Waals surface area contributed by atoms with E-state index in [-0.39, 0.29) is 5.91 Å². The Balaban J connectivity index is 1.82. The van der Waals surface area contributed by atoms with Crippen LogP contribution in [-0.2, 0) is 9.53 Å². The van der Waals surface area contributed by atoms with Gasteiger partial charge in [-0.05, 0) is 48.0 Å². The van der Waals surface area contributed by atoms with Gasteiger partial charge in [0.1, 0.15) is 0 Å². The van der Waals surface area contributed by atoms with E-state index >= 15 is 0 Å². The number of nitrogens with two attached hydrogens (primary N) is 1. The molecule has 0 saturated carbocycles. The largest absolute Gasteiger partial charge is 0.465 e. The van der Waals surface area contributed by atoms with Crippen LogP contribution < -0.4 is 16.4 Å². The molecule has 4 N–H and O–H groups in total. The maximum Gasteiger partial charge on any atom is 0.337 e. The summed E-state index contributed by atoms with van der Waals surface area (Å²) in [4.78, 5) is 24.5. The van der Waals surface area contributed by atoms with E-state index in [1.54, 1.807) is 42.5 Å². The van der Waals surface area contributed by atoms with Crippen LogP contribution in [0, 0.1) is 0 Å². The lowest BCUT2D eigenvalue weighted by atomic mass is 9.99. The van der Waals surface area contributed by atoms with Crippen LogP contribution in [0.15, 0.2) is 72.8 Å². The van der Waals surface area contributed by atoms with Crippen molar-refractivity contribution in [1.29, 1.82) is 0 Å². The van der Waals surface area contributed by atoms with Crippen molar-refractivity contribution in [2.24, 2.45) is 0 Å². The SMILES string of the molecule is COC(=O)c1ccc(N/C(=C2\C(=O)Nc3ccc(N)cc32)c2ccccc2)cc1. The summed E-state index contributed by atoms with van der Waals surface area (Å²) in [5.74, 6) is -0.610. The zero-order valence-electron chi connectivity index (χ0n) is 15.7. The monoisotopic (exact) mass is 385 g/mol. The molecule has 3 aromatic carbocycles. The lowest BCUT2D eigenvalue weighted by molar-refractivity contribution is -0.110. The van der Waals surface area contributed by atoms with Crippen molar-refractivity contribution < 1.29 is 14.3 Å². The maximum atomic E-state index is 12.8. The van der Waals surface area contributed by atoms with Crippen LogP contribution >= 0.6 is 0 Å². The van der Waals surface area contributed by atoms with Gasteiger partial charge in [0.05, 0.1) is 23.9 Å². The molecule has 1 amide bonds. The summed E-state index contributed by atoms with van der Waals surface area (Å²) in [6.07, 6.45) is 0. The van der Waals surface area contributed by atoms with Gasteiger partial charge in [-0.1, -0.05) is 30.3 Å². The second kappa shape index (κ2) is 7.52. The highest BCUT2D eigenvalue weighted by atomic mass is 16.5. The van der Waals surface area contributed by atoms with Gasteiger partial charge >= 0.3 is 5.97 Å². The van der Waals surface area contributed by atoms with Crippen molar-refractivity contribution in [3.8, 4) is 0 Å². The number of anilines is 3. The Kier molecular flexibility index (Phi) is 4.75. The summed E-state index contributed by atoms with van der Waals surface area (Å²) in [6.45, 7) is 0. The number of benzene rings is 3. The minimum atomic E-state index is -0.405. The molecule has 29 heavy (non-hydrogen) atoms. The summed E-state index contributed by atoms with van der Waals surface area (Å²) >= 11 is 0. The van der Waals surface area contributed by atoms with Crippen LogP contribution in [0.4, 0.5) is 17.1 Å². The molecule has 0 saturated heterocycles. The van der Waals surface area contributed by atoms with Gasteiger partial charge in [0.2, 0.25) is 0 Å². The molecule has 0 aliphatic carbocycles. The highest BCUT2D eigenvalue weighted by Gasteiger charge is 2.28. The van der Waals surface area contributed by atoms with Crippen LogP contribution in [0.5, 0.6) is 0 Å². The number of carbonyl (C=O) groups excluding carboxylic acids is 2. The van der Waals surface area contributed by atoms with E-state index in [0.717, 1.165) is 22.5 Å². The first-order valence-electron chi connectivity index (χ1n) is 9.03. The first-order chi connectivity index (χ1) is 14.1. The molecule has 0 radical (unpaired) electrons. The van der Waals surface area contributed by atoms with Crippen LogP contribution in [0.1, 0.15) is 21.5 Å². The quantitative estimate of drug-likeness (QED) is 0.359. The molecule has 6 heteroatoms. The molecular weight excluding hydrogens is 366 g/mol. The van der Waals surface area contributed by atoms with Gasteiger partial charge in [-0.2, -0.15) is 0 Å². The lowest BCUT2D eigenvalue weighted by Gasteiger charge is -2.15. The molecule has 1 heterocycles. The molecular formula is C23H19N3O3. The van der Waals surface area contributed by atoms with E-state index in [2.05, 4.69) is 10.6 Å². The molecule has 1 aliphatic rings.